The molecule has 142 heavy (non-hydrogen) atoms. The number of hydrogen-bond donors (Lipinski definition) is 0. The number of rotatable bonds is 10. The van der Waals surface area contributed by atoms with Crippen molar-refractivity contribution in [3.05, 3.63) is 391 Å². The number of aromatic nitrogens is 2. The van der Waals surface area contributed by atoms with Crippen molar-refractivity contribution in [2.45, 2.75) is 157 Å². The number of furan rings is 2. The predicted octanol–water partition coefficient (Wildman–Crippen LogP) is 35.8. The molecule has 7 heterocycles. The van der Waals surface area contributed by atoms with Gasteiger partial charge in [0, 0.05) is 114 Å². The molecule has 0 radical (unpaired) electrons. The second kappa shape index (κ2) is 31.8. The van der Waals surface area contributed by atoms with Crippen molar-refractivity contribution in [1.82, 2.24) is 9.13 Å². The van der Waals surface area contributed by atoms with Crippen molar-refractivity contribution in [2.75, 3.05) is 9.80 Å². The highest BCUT2D eigenvalue weighted by atomic mass is 32.1. The summed E-state index contributed by atoms with van der Waals surface area (Å²) in [4.78, 5) is 5.55. The summed E-state index contributed by atoms with van der Waals surface area (Å²) in [5.74, 6) is 0. The van der Waals surface area contributed by atoms with Crippen molar-refractivity contribution in [2.24, 2.45) is 0 Å². The molecule has 2 aliphatic rings. The van der Waals surface area contributed by atoms with Crippen LogP contribution < -0.4 is 26.2 Å². The molecular weight excluding hydrogens is 1740 g/mol. The van der Waals surface area contributed by atoms with Gasteiger partial charge in [0.1, 0.15) is 22.3 Å². The van der Waals surface area contributed by atoms with Gasteiger partial charge in [-0.2, -0.15) is 5.26 Å². The third-order valence-corrected chi connectivity index (χ3v) is 31.7. The third kappa shape index (κ3) is 14.1. The molecule has 690 valence electrons. The fraction of sp³-hybridized carbons (Fsp3) is 0.180. The molecule has 7 nitrogen and oxygen atoms in total. The number of para-hydroxylation sites is 2. The van der Waals surface area contributed by atoms with Crippen LogP contribution in [0.15, 0.2) is 361 Å². The summed E-state index contributed by atoms with van der Waals surface area (Å²) in [6.45, 7) is 41.8. The van der Waals surface area contributed by atoms with Crippen LogP contribution in [0.5, 0.6) is 0 Å². The molecule has 9 heteroatoms. The molecule has 0 saturated heterocycles. The molecule has 0 N–H and O–H groups in total. The van der Waals surface area contributed by atoms with E-state index in [9.17, 15) is 5.26 Å². The van der Waals surface area contributed by atoms with Crippen LogP contribution >= 0.6 is 11.3 Å². The molecule has 0 fully saturated rings. The van der Waals surface area contributed by atoms with Gasteiger partial charge in [0.05, 0.1) is 50.8 Å². The van der Waals surface area contributed by atoms with Gasteiger partial charge in [-0.25, -0.2) is 0 Å². The second-order valence-electron chi connectivity index (χ2n) is 45.9. The highest BCUT2D eigenvalue weighted by molar-refractivity contribution is 7.26. The molecule has 18 aromatic carbocycles. The Morgan fingerprint density at radius 1 is 0.254 bits per heavy atom. The van der Waals surface area contributed by atoms with E-state index in [2.05, 4.69) is 495 Å². The molecule has 0 saturated carbocycles. The number of nitrogens with zero attached hydrogens (tertiary/aromatic N) is 5. The molecule has 23 aromatic rings. The van der Waals surface area contributed by atoms with Crippen LogP contribution in [0.3, 0.4) is 0 Å². The van der Waals surface area contributed by atoms with Gasteiger partial charge < -0.3 is 27.8 Å². The normalized spacial score (nSPS) is 13.2. The largest absolute Gasteiger partial charge is 0.456 e. The van der Waals surface area contributed by atoms with Crippen LogP contribution in [0.25, 0.3) is 186 Å². The maximum absolute atomic E-state index is 11.0. The third-order valence-electron chi connectivity index (χ3n) is 30.6. The van der Waals surface area contributed by atoms with E-state index < -0.39 is 12.1 Å². The molecule has 5 aromatic heterocycles. The van der Waals surface area contributed by atoms with Crippen LogP contribution in [-0.2, 0) is 32.5 Å². The lowest BCUT2D eigenvalue weighted by molar-refractivity contribution is 0.590. The number of nitriles is 1. The van der Waals surface area contributed by atoms with Gasteiger partial charge in [-0.3, -0.25) is 0 Å². The van der Waals surface area contributed by atoms with E-state index in [1.807, 2.05) is 17.4 Å². The van der Waals surface area contributed by atoms with Crippen LogP contribution in [0.1, 0.15) is 164 Å². The smallest absolute Gasteiger partial charge is 0.252 e. The first-order valence-corrected chi connectivity index (χ1v) is 51.0. The molecule has 25 rings (SSSR count). The summed E-state index contributed by atoms with van der Waals surface area (Å²) in [6, 6.07) is 137. The average molecular weight is 1860 g/mol. The van der Waals surface area contributed by atoms with E-state index in [1.54, 1.807) is 0 Å². The lowest BCUT2D eigenvalue weighted by Gasteiger charge is -2.46. The van der Waals surface area contributed by atoms with Gasteiger partial charge >= 0.3 is 0 Å². The zero-order valence-electron chi connectivity index (χ0n) is 84.0. The lowest BCUT2D eigenvalue weighted by atomic mass is 9.33. The lowest BCUT2D eigenvalue weighted by Crippen LogP contribution is -2.61. The number of fused-ring (bicyclic) bond motifs is 19. The van der Waals surface area contributed by atoms with Crippen LogP contribution in [0.4, 0.5) is 34.1 Å². The molecule has 0 spiro atoms. The molecule has 0 aliphatic carbocycles. The minimum absolute atomic E-state index is 0.183. The molecular formula is C133H112BN5O2S. The zero-order chi connectivity index (χ0) is 97.6. The highest BCUT2D eigenvalue weighted by Crippen LogP contribution is 2.59. The van der Waals surface area contributed by atoms with E-state index >= 15 is 0 Å². The fourth-order valence-corrected chi connectivity index (χ4v) is 24.2. The van der Waals surface area contributed by atoms with E-state index in [4.69, 9.17) is 8.83 Å². The van der Waals surface area contributed by atoms with Gasteiger partial charge in [0.15, 0.2) is 0 Å². The van der Waals surface area contributed by atoms with Crippen molar-refractivity contribution in [3.8, 4) is 84.2 Å². The number of hydrogen-bond acceptors (Lipinski definition) is 6. The molecule has 2 aliphatic heterocycles. The SMILES string of the molecule is CC(C)(C)c1cc(-c2ccccc2)cc(-c2ccc3c(c2)B2c4ccc(-n5c6ccc(C#N)cc6c6cc(C(C)(C)C)ccc65)cc4N(c4c(-c5cccc6oc7ccccc7c56)cc(C(C)(C)C)cc4-c4cccc5oc6ccccc6c45)c4cc(-n5c6ccc(C(C)(C)C)cc6c6cc(C(C)(C)C)ccc65)cc(c42)N3c2c(-c3ccccc3)cc(C(C)(C)C)cc2-c2cccc3sc4ccccc4c23)c1. The Morgan fingerprint density at radius 2 is 0.662 bits per heavy atom. The van der Waals surface area contributed by atoms with Gasteiger partial charge in [-0.15, -0.1) is 11.3 Å². The molecule has 0 amide bonds. The summed E-state index contributed by atoms with van der Waals surface area (Å²) < 4.78 is 22.0. The molecule has 0 unspecified atom stereocenters. The van der Waals surface area contributed by atoms with Crippen molar-refractivity contribution in [3.63, 3.8) is 0 Å². The van der Waals surface area contributed by atoms with E-state index in [-0.39, 0.29) is 27.1 Å². The Morgan fingerprint density at radius 3 is 1.18 bits per heavy atom. The quantitative estimate of drug-likeness (QED) is 0.128. The Balaban J connectivity index is 0.927. The highest BCUT2D eigenvalue weighted by Gasteiger charge is 2.48. The fourth-order valence-electron chi connectivity index (χ4n) is 23.1. The standard InChI is InChI=1S/C133H112BN5O2S/c1-128(2,3)84-52-59-109-100(67-84)99-62-78(77-135)50-57-108(99)136(109)90-55-56-106-113(74-90)139(127-103(92-41-31-46-118-122(92)95-38-25-28-44-116(95)140-118)72-89(133(16,17)18)73-104(127)93-42-32-47-119-123(93)96-39-26-29-45-117(96)141-119)115-76-91(137-110-60-53-85(129(4,5)6)68-101(110)102-69-86(130(7,8)9)54-61-111(102)137)75-114-125(115)134(106)107-66-81(83-63-82(79-34-21-19-22-35-79)64-87(65-83)131(10,11)12)51-58-112(107)138(114)126-98(80-36-23-20-24-37-80)70-88(132(13,14)15)71-105(126)94-43-33-49-121-124(94)97-40-27-30-48-120(97)142-121/h19-76H,1-18H3. The molecule has 0 bridgehead atoms. The minimum atomic E-state index is -0.484. The van der Waals surface area contributed by atoms with Crippen molar-refractivity contribution >= 4 is 176 Å². The minimum Gasteiger partial charge on any atom is -0.456 e. The zero-order valence-corrected chi connectivity index (χ0v) is 84.8. The maximum atomic E-state index is 11.0. The first kappa shape index (κ1) is 88.0. The summed E-state index contributed by atoms with van der Waals surface area (Å²) in [6.07, 6.45) is 0. The van der Waals surface area contributed by atoms with E-state index in [0.717, 1.165) is 205 Å². The summed E-state index contributed by atoms with van der Waals surface area (Å²) in [5.41, 5.74) is 38.7. The Labute approximate surface area is 835 Å². The average Bonchev–Trinajstić information content (AvgIpc) is 0.901. The Kier molecular flexibility index (Phi) is 19.7. The van der Waals surface area contributed by atoms with Gasteiger partial charge in [0.2, 0.25) is 0 Å². The van der Waals surface area contributed by atoms with E-state index in [0.29, 0.717) is 5.56 Å². The van der Waals surface area contributed by atoms with E-state index in [1.165, 1.54) is 64.3 Å². The van der Waals surface area contributed by atoms with Crippen LogP contribution in [0.2, 0.25) is 0 Å². The van der Waals surface area contributed by atoms with Gasteiger partial charge in [-0.05, 0) is 278 Å². The van der Waals surface area contributed by atoms with Crippen LogP contribution in [0, 0.1) is 11.3 Å². The van der Waals surface area contributed by atoms with Gasteiger partial charge in [-0.1, -0.05) is 325 Å². The number of anilines is 6. The monoisotopic (exact) mass is 1850 g/mol. The first-order valence-electron chi connectivity index (χ1n) is 50.2. The summed E-state index contributed by atoms with van der Waals surface area (Å²) in [7, 11) is 0. The first-order chi connectivity index (χ1) is 68.1. The Bertz CT molecular complexity index is 9120. The maximum Gasteiger partial charge on any atom is 0.252 e. The Hall–Kier alpha value is -15.5. The number of thiophene rings is 1. The second-order valence-corrected chi connectivity index (χ2v) is 47.0. The topological polar surface area (TPSA) is 66.4 Å². The summed E-state index contributed by atoms with van der Waals surface area (Å²) in [5, 5.41) is 22.1. The molecule has 0 atom stereocenters. The van der Waals surface area contributed by atoms with Crippen LogP contribution in [-0.4, -0.2) is 15.8 Å². The van der Waals surface area contributed by atoms with Gasteiger partial charge in [0.25, 0.3) is 6.71 Å². The van der Waals surface area contributed by atoms with Crippen molar-refractivity contribution in [1.29, 1.82) is 5.26 Å². The van der Waals surface area contributed by atoms with Crippen molar-refractivity contribution < 1.29 is 8.83 Å². The number of benzene rings is 18. The summed E-state index contributed by atoms with van der Waals surface area (Å²) >= 11 is 1.87. The predicted molar refractivity (Wildman–Crippen MR) is 606 cm³/mol.